The van der Waals surface area contributed by atoms with Crippen LogP contribution in [0.25, 0.3) is 11.1 Å². The van der Waals surface area contributed by atoms with Gasteiger partial charge in [0.1, 0.15) is 0 Å². The van der Waals surface area contributed by atoms with Gasteiger partial charge in [-0.1, -0.05) is 24.3 Å². The summed E-state index contributed by atoms with van der Waals surface area (Å²) < 4.78 is 40.7. The van der Waals surface area contributed by atoms with Crippen LogP contribution in [0.2, 0.25) is 0 Å². The third-order valence-electron chi connectivity index (χ3n) is 6.20. The van der Waals surface area contributed by atoms with E-state index in [-0.39, 0.29) is 0 Å². The minimum Gasteiger partial charge on any atom is -0.367 e. The number of halogens is 3. The Morgan fingerprint density at radius 3 is 2.44 bits per heavy atom. The normalized spacial score (nSPS) is 14.6. The van der Waals surface area contributed by atoms with Crippen LogP contribution in [-0.4, -0.2) is 56.1 Å². The second-order valence-corrected chi connectivity index (χ2v) is 8.83. The molecule has 1 aromatic heterocycles. The molecule has 4 rings (SSSR count). The fourth-order valence-electron chi connectivity index (χ4n) is 4.29. The molecular formula is C26H28F3N5O2. The minimum absolute atomic E-state index is 0.403. The van der Waals surface area contributed by atoms with Crippen LogP contribution in [0.3, 0.4) is 0 Å². The highest BCUT2D eigenvalue weighted by atomic mass is 19.4. The maximum Gasteiger partial charge on any atom is 0.417 e. The summed E-state index contributed by atoms with van der Waals surface area (Å²) in [7, 11) is 3.88. The van der Waals surface area contributed by atoms with Crippen LogP contribution in [0.5, 0.6) is 0 Å². The fraction of sp³-hybridized carbons (Fsp3) is 0.308. The number of hydrogen-bond acceptors (Lipinski definition) is 5. The lowest BCUT2D eigenvalue weighted by Crippen LogP contribution is -2.44. The molecule has 0 saturated carbocycles. The van der Waals surface area contributed by atoms with Crippen molar-refractivity contribution in [2.75, 3.05) is 50.5 Å². The Hall–Kier alpha value is -3.63. The number of H-pyrrole nitrogens is 1. The van der Waals surface area contributed by atoms with E-state index in [0.29, 0.717) is 31.4 Å². The van der Waals surface area contributed by atoms with Crippen LogP contribution < -0.4 is 21.1 Å². The Kier molecular flexibility index (Phi) is 7.46. The van der Waals surface area contributed by atoms with Crippen molar-refractivity contribution in [2.45, 2.75) is 12.7 Å². The van der Waals surface area contributed by atoms with E-state index in [1.54, 1.807) is 6.07 Å². The Bertz CT molecular complexity index is 1300. The Morgan fingerprint density at radius 1 is 1.03 bits per heavy atom. The topological polar surface area (TPSA) is 80.5 Å². The first-order valence-corrected chi connectivity index (χ1v) is 11.6. The lowest BCUT2D eigenvalue weighted by atomic mass is 10.0. The lowest BCUT2D eigenvalue weighted by molar-refractivity contribution is -0.138. The summed E-state index contributed by atoms with van der Waals surface area (Å²) in [6.45, 7) is 3.74. The Balaban J connectivity index is 1.74. The highest BCUT2D eigenvalue weighted by Gasteiger charge is 2.36. The second-order valence-electron chi connectivity index (χ2n) is 8.83. The quantitative estimate of drug-likeness (QED) is 0.481. The van der Waals surface area contributed by atoms with Gasteiger partial charge in [0.25, 0.3) is 5.91 Å². The maximum atomic E-state index is 13.6. The zero-order chi connectivity index (χ0) is 25.9. The van der Waals surface area contributed by atoms with E-state index in [9.17, 15) is 22.8 Å². The van der Waals surface area contributed by atoms with E-state index in [2.05, 4.69) is 25.4 Å². The molecule has 1 amide bonds. The molecule has 190 valence electrons. The van der Waals surface area contributed by atoms with Gasteiger partial charge in [0, 0.05) is 45.0 Å². The van der Waals surface area contributed by atoms with Crippen molar-refractivity contribution >= 4 is 17.3 Å². The molecule has 0 spiro atoms. The smallest absolute Gasteiger partial charge is 0.367 e. The van der Waals surface area contributed by atoms with Gasteiger partial charge < -0.3 is 25.4 Å². The van der Waals surface area contributed by atoms with Crippen molar-refractivity contribution in [3.8, 4) is 11.1 Å². The summed E-state index contributed by atoms with van der Waals surface area (Å²) in [5.74, 6) is -0.949. The van der Waals surface area contributed by atoms with E-state index in [1.807, 2.05) is 50.5 Å². The lowest BCUT2D eigenvalue weighted by Gasteiger charge is -2.35. The number of pyridine rings is 1. The number of benzene rings is 2. The molecule has 10 heteroatoms. The molecule has 0 unspecified atom stereocenters. The van der Waals surface area contributed by atoms with Gasteiger partial charge in [-0.05, 0) is 49.0 Å². The van der Waals surface area contributed by atoms with E-state index < -0.39 is 28.8 Å². The average Bonchev–Trinajstić information content (AvgIpc) is 2.84. The summed E-state index contributed by atoms with van der Waals surface area (Å²) in [4.78, 5) is 31.1. The van der Waals surface area contributed by atoms with Crippen LogP contribution in [0.1, 0.15) is 21.5 Å². The number of nitrogens with one attached hydrogen (secondary N) is 3. The Labute approximate surface area is 206 Å². The number of nitrogens with zero attached hydrogens (tertiary/aromatic N) is 2. The van der Waals surface area contributed by atoms with Crippen molar-refractivity contribution in [3.63, 3.8) is 0 Å². The van der Waals surface area contributed by atoms with Crippen LogP contribution in [0.4, 0.5) is 24.5 Å². The highest BCUT2D eigenvalue weighted by molar-refractivity contribution is 6.07. The molecule has 0 radical (unpaired) electrons. The molecule has 1 aliphatic rings. The first-order chi connectivity index (χ1) is 17.2. The van der Waals surface area contributed by atoms with E-state index in [1.165, 1.54) is 0 Å². The molecule has 3 aromatic rings. The van der Waals surface area contributed by atoms with Crippen molar-refractivity contribution < 1.29 is 18.0 Å². The molecule has 7 nitrogen and oxygen atoms in total. The zero-order valence-corrected chi connectivity index (χ0v) is 20.1. The van der Waals surface area contributed by atoms with Gasteiger partial charge in [-0.15, -0.1) is 0 Å². The molecule has 1 fully saturated rings. The number of carbonyl (C=O) groups excluding carboxylic acids is 1. The predicted molar refractivity (Wildman–Crippen MR) is 134 cm³/mol. The molecule has 2 heterocycles. The van der Waals surface area contributed by atoms with Gasteiger partial charge in [-0.2, -0.15) is 13.2 Å². The molecule has 1 saturated heterocycles. The summed E-state index contributed by atoms with van der Waals surface area (Å²) in [5, 5.41) is 5.80. The average molecular weight is 500 g/mol. The molecule has 1 aliphatic heterocycles. The zero-order valence-electron chi connectivity index (χ0n) is 20.1. The van der Waals surface area contributed by atoms with Crippen molar-refractivity contribution in [1.82, 2.24) is 15.2 Å². The highest BCUT2D eigenvalue weighted by Crippen LogP contribution is 2.35. The summed E-state index contributed by atoms with van der Waals surface area (Å²) >= 11 is 0. The minimum atomic E-state index is -4.85. The second kappa shape index (κ2) is 10.5. The van der Waals surface area contributed by atoms with Crippen molar-refractivity contribution in [2.24, 2.45) is 0 Å². The molecule has 2 aromatic carbocycles. The molecule has 0 aliphatic carbocycles. The predicted octanol–water partition coefficient (Wildman–Crippen LogP) is 3.78. The van der Waals surface area contributed by atoms with E-state index in [4.69, 9.17) is 0 Å². The van der Waals surface area contributed by atoms with Gasteiger partial charge in [0.05, 0.1) is 22.5 Å². The fourth-order valence-corrected chi connectivity index (χ4v) is 4.29. The SMILES string of the molecule is CNCc1cccc(-c2ccc(N3CCN(C)CC3)c(NC(=O)c3c[nH]c(=O)cc3C(F)(F)F)c2)c1. The van der Waals surface area contributed by atoms with Gasteiger partial charge >= 0.3 is 6.18 Å². The number of piperazine rings is 1. The molecular weight excluding hydrogens is 471 g/mol. The number of carbonyl (C=O) groups is 1. The maximum absolute atomic E-state index is 13.6. The summed E-state index contributed by atoms with van der Waals surface area (Å²) in [6.07, 6.45) is -4.04. The van der Waals surface area contributed by atoms with Crippen LogP contribution in [0, 0.1) is 0 Å². The number of amides is 1. The van der Waals surface area contributed by atoms with Crippen LogP contribution in [0.15, 0.2) is 59.5 Å². The monoisotopic (exact) mass is 499 g/mol. The number of aromatic nitrogens is 1. The van der Waals surface area contributed by atoms with Gasteiger partial charge in [0.15, 0.2) is 0 Å². The third kappa shape index (κ3) is 5.77. The summed E-state index contributed by atoms with van der Waals surface area (Å²) in [6, 6.07) is 13.9. The largest absolute Gasteiger partial charge is 0.417 e. The molecule has 36 heavy (non-hydrogen) atoms. The first-order valence-electron chi connectivity index (χ1n) is 11.6. The number of likely N-dealkylation sites (N-methyl/N-ethyl adjacent to an activating group) is 1. The van der Waals surface area contributed by atoms with E-state index in [0.717, 1.165) is 41.7 Å². The number of hydrogen-bond donors (Lipinski definition) is 3. The third-order valence-corrected chi connectivity index (χ3v) is 6.20. The van der Waals surface area contributed by atoms with Crippen LogP contribution in [-0.2, 0) is 12.7 Å². The van der Waals surface area contributed by atoms with Crippen LogP contribution >= 0.6 is 0 Å². The van der Waals surface area contributed by atoms with Gasteiger partial charge in [-0.25, -0.2) is 0 Å². The van der Waals surface area contributed by atoms with Gasteiger partial charge in [0.2, 0.25) is 5.56 Å². The number of anilines is 2. The Morgan fingerprint density at radius 2 is 1.75 bits per heavy atom. The van der Waals surface area contributed by atoms with Crippen molar-refractivity contribution in [3.05, 3.63) is 81.8 Å². The van der Waals surface area contributed by atoms with Gasteiger partial charge in [-0.3, -0.25) is 9.59 Å². The van der Waals surface area contributed by atoms with Crippen molar-refractivity contribution in [1.29, 1.82) is 0 Å². The first kappa shape index (κ1) is 25.5. The number of alkyl halides is 3. The summed E-state index contributed by atoms with van der Waals surface area (Å²) in [5.41, 5.74) is 1.09. The molecule has 0 atom stereocenters. The van der Waals surface area contributed by atoms with E-state index >= 15 is 0 Å². The standard InChI is InChI=1S/C26H28F3N5O2/c1-30-15-17-4-3-5-18(12-17)19-6-7-23(34-10-8-33(2)9-11-34)22(13-19)32-25(36)20-16-31-24(35)14-21(20)26(27,28)29/h3-7,12-14,16,30H,8-11,15H2,1-2H3,(H,31,35)(H,32,36). The number of rotatable bonds is 6. The number of aromatic amines is 1. The molecule has 0 bridgehead atoms. The molecule has 3 N–H and O–H groups in total.